The van der Waals surface area contributed by atoms with Crippen LogP contribution in [-0.4, -0.2) is 32.6 Å². The number of nitro groups is 1. The zero-order valence-electron chi connectivity index (χ0n) is 11.5. The normalized spacial score (nSPS) is 22.3. The maximum Gasteiger partial charge on any atom is 0.271 e. The zero-order chi connectivity index (χ0) is 15.6. The molecular formula is C12H17N3O5S. The van der Waals surface area contributed by atoms with E-state index in [1.165, 1.54) is 7.11 Å². The Hall–Kier alpha value is -1.71. The minimum atomic E-state index is -3.84. The van der Waals surface area contributed by atoms with Crippen molar-refractivity contribution in [3.8, 4) is 0 Å². The highest BCUT2D eigenvalue weighted by Crippen LogP contribution is 2.27. The van der Waals surface area contributed by atoms with Gasteiger partial charge in [-0.05, 0) is 25.3 Å². The van der Waals surface area contributed by atoms with Crippen LogP contribution < -0.4 is 10.5 Å². The van der Waals surface area contributed by atoms with Gasteiger partial charge in [0.05, 0.1) is 16.7 Å². The first-order chi connectivity index (χ1) is 9.85. The number of hydrogen-bond acceptors (Lipinski definition) is 6. The molecule has 3 N–H and O–H groups in total. The van der Waals surface area contributed by atoms with Gasteiger partial charge >= 0.3 is 0 Å². The van der Waals surface area contributed by atoms with E-state index in [1.807, 2.05) is 0 Å². The summed E-state index contributed by atoms with van der Waals surface area (Å²) in [5.74, 6) is 0. The number of non-ortho nitro benzene ring substituents is 1. The van der Waals surface area contributed by atoms with E-state index in [0.29, 0.717) is 6.42 Å². The molecule has 0 spiro atoms. The second-order valence-corrected chi connectivity index (χ2v) is 6.59. The molecule has 0 amide bonds. The summed E-state index contributed by atoms with van der Waals surface area (Å²) in [5.41, 5.74) is 5.23. The minimum absolute atomic E-state index is 0.149. The molecule has 0 bridgehead atoms. The van der Waals surface area contributed by atoms with E-state index in [1.54, 1.807) is 0 Å². The molecule has 0 aliphatic heterocycles. The van der Waals surface area contributed by atoms with Crippen molar-refractivity contribution in [2.75, 3.05) is 12.8 Å². The number of hydrogen-bond donors (Lipinski definition) is 2. The molecule has 1 aliphatic carbocycles. The van der Waals surface area contributed by atoms with Crippen LogP contribution in [0.5, 0.6) is 0 Å². The Morgan fingerprint density at radius 3 is 2.71 bits per heavy atom. The fourth-order valence-corrected chi connectivity index (χ4v) is 3.91. The van der Waals surface area contributed by atoms with E-state index in [-0.39, 0.29) is 28.4 Å². The number of nitro benzene ring substituents is 1. The van der Waals surface area contributed by atoms with Gasteiger partial charge in [-0.1, -0.05) is 0 Å². The second-order valence-electron chi connectivity index (χ2n) is 4.91. The standard InChI is InChI=1S/C12H17N3O5S/c1-20-11-4-2-3-10(11)14-21(18,19)12-6-5-8(15(16)17)7-9(12)13/h5-7,10-11,14H,2-4,13H2,1H3. The molecule has 8 nitrogen and oxygen atoms in total. The van der Waals surface area contributed by atoms with Gasteiger partial charge in [-0.3, -0.25) is 10.1 Å². The summed E-state index contributed by atoms with van der Waals surface area (Å²) < 4.78 is 32.5. The lowest BCUT2D eigenvalue weighted by Crippen LogP contribution is -2.40. The molecule has 2 atom stereocenters. The van der Waals surface area contributed by atoms with Crippen molar-refractivity contribution in [2.45, 2.75) is 36.3 Å². The molecule has 0 saturated heterocycles. The third-order valence-electron chi connectivity index (χ3n) is 3.56. The quantitative estimate of drug-likeness (QED) is 0.475. The number of anilines is 1. The minimum Gasteiger partial charge on any atom is -0.397 e. The van der Waals surface area contributed by atoms with Gasteiger partial charge in [-0.25, -0.2) is 13.1 Å². The van der Waals surface area contributed by atoms with Crippen molar-refractivity contribution >= 4 is 21.4 Å². The number of nitrogens with one attached hydrogen (secondary N) is 1. The van der Waals surface area contributed by atoms with Gasteiger partial charge < -0.3 is 10.5 Å². The Morgan fingerprint density at radius 1 is 1.43 bits per heavy atom. The van der Waals surface area contributed by atoms with Gasteiger partial charge in [0.15, 0.2) is 0 Å². The Morgan fingerprint density at radius 2 is 2.14 bits per heavy atom. The van der Waals surface area contributed by atoms with Gasteiger partial charge in [0.2, 0.25) is 10.0 Å². The molecule has 2 unspecified atom stereocenters. The predicted molar refractivity (Wildman–Crippen MR) is 76.3 cm³/mol. The fraction of sp³-hybridized carbons (Fsp3) is 0.500. The van der Waals surface area contributed by atoms with Gasteiger partial charge in [-0.15, -0.1) is 0 Å². The summed E-state index contributed by atoms with van der Waals surface area (Å²) in [6.45, 7) is 0. The monoisotopic (exact) mass is 315 g/mol. The second kappa shape index (κ2) is 5.96. The van der Waals surface area contributed by atoms with Crippen molar-refractivity contribution in [2.24, 2.45) is 0 Å². The first kappa shape index (κ1) is 15.7. The highest BCUT2D eigenvalue weighted by Gasteiger charge is 2.32. The summed E-state index contributed by atoms with van der Waals surface area (Å²) in [6.07, 6.45) is 2.19. The van der Waals surface area contributed by atoms with E-state index in [4.69, 9.17) is 10.5 Å². The topological polar surface area (TPSA) is 125 Å². The summed E-state index contributed by atoms with van der Waals surface area (Å²) in [4.78, 5) is 9.86. The summed E-state index contributed by atoms with van der Waals surface area (Å²) in [7, 11) is -2.30. The molecule has 1 aliphatic rings. The van der Waals surface area contributed by atoms with Crippen LogP contribution in [0.15, 0.2) is 23.1 Å². The number of ether oxygens (including phenoxy) is 1. The molecule has 1 aromatic rings. The van der Waals surface area contributed by atoms with Crippen LogP contribution in [-0.2, 0) is 14.8 Å². The highest BCUT2D eigenvalue weighted by molar-refractivity contribution is 7.89. The van der Waals surface area contributed by atoms with E-state index in [0.717, 1.165) is 31.0 Å². The van der Waals surface area contributed by atoms with Crippen LogP contribution in [0.3, 0.4) is 0 Å². The van der Waals surface area contributed by atoms with Crippen molar-refractivity contribution < 1.29 is 18.1 Å². The number of rotatable bonds is 5. The average Bonchev–Trinajstić information content (AvgIpc) is 2.84. The summed E-state index contributed by atoms with van der Waals surface area (Å²) >= 11 is 0. The van der Waals surface area contributed by atoms with Gasteiger partial charge in [0.1, 0.15) is 4.90 Å². The molecule has 0 aromatic heterocycles. The summed E-state index contributed by atoms with van der Waals surface area (Å²) in [5, 5.41) is 10.6. The number of benzene rings is 1. The Balaban J connectivity index is 2.25. The Labute approximate surface area is 122 Å². The largest absolute Gasteiger partial charge is 0.397 e. The number of methoxy groups -OCH3 is 1. The van der Waals surface area contributed by atoms with Gasteiger partial charge in [0, 0.05) is 25.3 Å². The molecule has 2 rings (SSSR count). The highest BCUT2D eigenvalue weighted by atomic mass is 32.2. The predicted octanol–water partition coefficient (Wildman–Crippen LogP) is 1.02. The first-order valence-corrected chi connectivity index (χ1v) is 7.92. The Bertz CT molecular complexity index is 646. The Kier molecular flexibility index (Phi) is 4.45. The van der Waals surface area contributed by atoms with Gasteiger partial charge in [0.25, 0.3) is 5.69 Å². The SMILES string of the molecule is COC1CCCC1NS(=O)(=O)c1ccc([N+](=O)[O-])cc1N. The van der Waals surface area contributed by atoms with Crippen molar-refractivity contribution in [3.63, 3.8) is 0 Å². The molecule has 9 heteroatoms. The molecule has 1 saturated carbocycles. The smallest absolute Gasteiger partial charge is 0.271 e. The van der Waals surface area contributed by atoms with E-state index < -0.39 is 14.9 Å². The van der Waals surface area contributed by atoms with Crippen LogP contribution in [0.2, 0.25) is 0 Å². The number of sulfonamides is 1. The fourth-order valence-electron chi connectivity index (χ4n) is 2.50. The van der Waals surface area contributed by atoms with Gasteiger partial charge in [-0.2, -0.15) is 0 Å². The van der Waals surface area contributed by atoms with E-state index in [9.17, 15) is 18.5 Å². The lowest BCUT2D eigenvalue weighted by atomic mass is 10.2. The average molecular weight is 315 g/mol. The van der Waals surface area contributed by atoms with Crippen molar-refractivity contribution in [1.82, 2.24) is 4.72 Å². The molecule has 21 heavy (non-hydrogen) atoms. The molecule has 0 heterocycles. The maximum absolute atomic E-state index is 12.3. The number of nitrogens with two attached hydrogens (primary N) is 1. The molecule has 1 fully saturated rings. The summed E-state index contributed by atoms with van der Waals surface area (Å²) in [6, 6.07) is 2.99. The molecular weight excluding hydrogens is 298 g/mol. The lowest BCUT2D eigenvalue weighted by molar-refractivity contribution is -0.384. The van der Waals surface area contributed by atoms with Crippen LogP contribution in [0.1, 0.15) is 19.3 Å². The van der Waals surface area contributed by atoms with Crippen LogP contribution in [0.4, 0.5) is 11.4 Å². The molecule has 0 radical (unpaired) electrons. The third-order valence-corrected chi connectivity index (χ3v) is 5.12. The first-order valence-electron chi connectivity index (χ1n) is 6.44. The molecule has 1 aromatic carbocycles. The van der Waals surface area contributed by atoms with E-state index >= 15 is 0 Å². The third kappa shape index (κ3) is 3.31. The number of nitrogen functional groups attached to an aromatic ring is 1. The van der Waals surface area contributed by atoms with Crippen LogP contribution >= 0.6 is 0 Å². The van der Waals surface area contributed by atoms with Crippen molar-refractivity contribution in [3.05, 3.63) is 28.3 Å². The van der Waals surface area contributed by atoms with Crippen molar-refractivity contribution in [1.29, 1.82) is 0 Å². The van der Waals surface area contributed by atoms with Crippen LogP contribution in [0.25, 0.3) is 0 Å². The molecule has 116 valence electrons. The lowest BCUT2D eigenvalue weighted by Gasteiger charge is -2.20. The van der Waals surface area contributed by atoms with E-state index in [2.05, 4.69) is 4.72 Å². The zero-order valence-corrected chi connectivity index (χ0v) is 12.3. The number of nitrogens with zero attached hydrogens (tertiary/aromatic N) is 1. The van der Waals surface area contributed by atoms with Crippen LogP contribution in [0, 0.1) is 10.1 Å². The maximum atomic E-state index is 12.3.